The molecule has 0 fully saturated rings. The lowest BCUT2D eigenvalue weighted by molar-refractivity contribution is -0.132. The monoisotopic (exact) mass is 385 g/mol. The van der Waals surface area contributed by atoms with Gasteiger partial charge in [-0.3, -0.25) is 14.0 Å². The third kappa shape index (κ3) is 3.57. The van der Waals surface area contributed by atoms with Crippen LogP contribution in [0.2, 0.25) is 5.02 Å². The molecule has 7 heteroatoms. The van der Waals surface area contributed by atoms with E-state index in [0.717, 1.165) is 11.8 Å². The number of aryl methyl sites for hydroxylation is 1. The molecule has 0 unspecified atom stereocenters. The lowest BCUT2D eigenvalue weighted by Crippen LogP contribution is -2.40. The van der Waals surface area contributed by atoms with Gasteiger partial charge in [-0.25, -0.2) is 9.37 Å². The van der Waals surface area contributed by atoms with Crippen molar-refractivity contribution in [2.24, 2.45) is 0 Å². The summed E-state index contributed by atoms with van der Waals surface area (Å²) in [5.74, 6) is -0.527. The number of pyridine rings is 1. The van der Waals surface area contributed by atoms with E-state index in [-0.39, 0.29) is 18.0 Å². The van der Waals surface area contributed by atoms with E-state index >= 15 is 0 Å². The van der Waals surface area contributed by atoms with E-state index in [1.807, 2.05) is 18.2 Å². The van der Waals surface area contributed by atoms with E-state index in [1.54, 1.807) is 11.0 Å². The molecule has 1 aromatic carbocycles. The number of halogens is 2. The summed E-state index contributed by atoms with van der Waals surface area (Å²) in [6, 6.07) is 10.2. The zero-order chi connectivity index (χ0) is 19.0. The number of benzene rings is 1. The Hall–Kier alpha value is -2.73. The first-order valence-corrected chi connectivity index (χ1v) is 9.11. The quantitative estimate of drug-likeness (QED) is 0.696. The lowest BCUT2D eigenvalue weighted by Gasteiger charge is -2.28. The topological polar surface area (TPSA) is 54.7 Å². The standard InChI is InChI=1S/C20H17ClFN3O2/c21-14-3-1-2-13(10-14)4-7-19(26)24-9-8-17-16(12-24)20(27)25-11-15(22)5-6-18(25)23-17/h1-3,5-6,10-11H,4,7-9,12H2. The van der Waals surface area contributed by atoms with Crippen molar-refractivity contribution in [1.82, 2.24) is 14.3 Å². The van der Waals surface area contributed by atoms with Gasteiger partial charge >= 0.3 is 0 Å². The molecule has 1 aliphatic heterocycles. The molecule has 0 N–H and O–H groups in total. The van der Waals surface area contributed by atoms with E-state index in [1.165, 1.54) is 16.5 Å². The molecule has 0 atom stereocenters. The van der Waals surface area contributed by atoms with Crippen LogP contribution in [0, 0.1) is 5.82 Å². The number of hydrogen-bond acceptors (Lipinski definition) is 3. The number of fused-ring (bicyclic) bond motifs is 2. The molecule has 3 heterocycles. The summed E-state index contributed by atoms with van der Waals surface area (Å²) in [4.78, 5) is 31.4. The van der Waals surface area contributed by atoms with Crippen molar-refractivity contribution >= 4 is 23.2 Å². The average molecular weight is 386 g/mol. The summed E-state index contributed by atoms with van der Waals surface area (Å²) in [5.41, 5.74) is 2.24. The Kier molecular flexibility index (Phi) is 4.66. The van der Waals surface area contributed by atoms with Gasteiger partial charge in [0.05, 0.1) is 17.8 Å². The summed E-state index contributed by atoms with van der Waals surface area (Å²) in [6.07, 6.45) is 2.57. The molecule has 1 amide bonds. The number of amides is 1. The molecule has 0 radical (unpaired) electrons. The Balaban J connectivity index is 1.53. The first-order valence-electron chi connectivity index (χ1n) is 8.73. The van der Waals surface area contributed by atoms with Gasteiger partial charge in [-0.1, -0.05) is 23.7 Å². The van der Waals surface area contributed by atoms with E-state index in [9.17, 15) is 14.0 Å². The largest absolute Gasteiger partial charge is 0.338 e. The smallest absolute Gasteiger partial charge is 0.263 e. The maximum absolute atomic E-state index is 13.5. The molecule has 0 aliphatic carbocycles. The van der Waals surface area contributed by atoms with Gasteiger partial charge in [-0.05, 0) is 36.2 Å². The van der Waals surface area contributed by atoms with Crippen molar-refractivity contribution in [1.29, 1.82) is 0 Å². The van der Waals surface area contributed by atoms with Gasteiger partial charge in [0.15, 0.2) is 0 Å². The molecule has 5 nitrogen and oxygen atoms in total. The van der Waals surface area contributed by atoms with E-state index in [4.69, 9.17) is 11.6 Å². The molecule has 0 saturated carbocycles. The molecular formula is C20H17ClFN3O2. The molecule has 0 bridgehead atoms. The molecule has 3 aromatic rings. The third-order valence-corrected chi connectivity index (χ3v) is 5.04. The van der Waals surface area contributed by atoms with Crippen molar-refractivity contribution < 1.29 is 9.18 Å². The number of hydrogen-bond donors (Lipinski definition) is 0. The van der Waals surface area contributed by atoms with Crippen molar-refractivity contribution in [2.75, 3.05) is 6.54 Å². The molecular weight excluding hydrogens is 369 g/mol. The molecule has 138 valence electrons. The highest BCUT2D eigenvalue weighted by Gasteiger charge is 2.24. The van der Waals surface area contributed by atoms with Crippen LogP contribution in [0.25, 0.3) is 5.65 Å². The fourth-order valence-electron chi connectivity index (χ4n) is 3.39. The summed E-state index contributed by atoms with van der Waals surface area (Å²) in [6.45, 7) is 0.722. The molecule has 4 rings (SSSR count). The van der Waals surface area contributed by atoms with E-state index < -0.39 is 5.82 Å². The number of rotatable bonds is 3. The van der Waals surface area contributed by atoms with Crippen LogP contribution < -0.4 is 5.56 Å². The van der Waals surface area contributed by atoms with Crippen LogP contribution >= 0.6 is 11.6 Å². The molecule has 1 aliphatic rings. The fourth-order valence-corrected chi connectivity index (χ4v) is 3.60. The summed E-state index contributed by atoms with van der Waals surface area (Å²) >= 11 is 5.98. The summed E-state index contributed by atoms with van der Waals surface area (Å²) in [7, 11) is 0. The maximum Gasteiger partial charge on any atom is 0.263 e. The second-order valence-corrected chi connectivity index (χ2v) is 7.05. The van der Waals surface area contributed by atoms with Crippen molar-refractivity contribution in [2.45, 2.75) is 25.8 Å². The van der Waals surface area contributed by atoms with Gasteiger partial charge in [-0.15, -0.1) is 0 Å². The van der Waals surface area contributed by atoms with Gasteiger partial charge in [0, 0.05) is 30.6 Å². The van der Waals surface area contributed by atoms with Gasteiger partial charge in [0.1, 0.15) is 11.5 Å². The van der Waals surface area contributed by atoms with Crippen molar-refractivity contribution in [3.05, 3.63) is 80.6 Å². The first-order chi connectivity index (χ1) is 13.0. The highest BCUT2D eigenvalue weighted by molar-refractivity contribution is 6.30. The second-order valence-electron chi connectivity index (χ2n) is 6.61. The highest BCUT2D eigenvalue weighted by Crippen LogP contribution is 2.18. The van der Waals surface area contributed by atoms with Crippen LogP contribution in [0.3, 0.4) is 0 Å². The highest BCUT2D eigenvalue weighted by atomic mass is 35.5. The van der Waals surface area contributed by atoms with E-state index in [2.05, 4.69) is 4.98 Å². The lowest BCUT2D eigenvalue weighted by atomic mass is 10.0. The molecule has 0 saturated heterocycles. The Morgan fingerprint density at radius 3 is 2.93 bits per heavy atom. The predicted molar refractivity (Wildman–Crippen MR) is 100 cm³/mol. The Bertz CT molecular complexity index is 1100. The van der Waals surface area contributed by atoms with Gasteiger partial charge in [0.25, 0.3) is 5.56 Å². The van der Waals surface area contributed by atoms with Gasteiger partial charge < -0.3 is 4.90 Å². The summed E-state index contributed by atoms with van der Waals surface area (Å²) < 4.78 is 14.7. The first kappa shape index (κ1) is 17.7. The number of carbonyl (C=O) groups is 1. The molecule has 0 spiro atoms. The minimum atomic E-state index is -0.503. The average Bonchev–Trinajstić information content (AvgIpc) is 2.67. The van der Waals surface area contributed by atoms with Crippen LogP contribution in [0.1, 0.15) is 23.2 Å². The van der Waals surface area contributed by atoms with Crippen LogP contribution in [-0.4, -0.2) is 26.7 Å². The van der Waals surface area contributed by atoms with Crippen LogP contribution in [0.15, 0.2) is 47.4 Å². The van der Waals surface area contributed by atoms with Gasteiger partial charge in [0.2, 0.25) is 5.91 Å². The Labute approximate surface area is 160 Å². The minimum Gasteiger partial charge on any atom is -0.338 e. The second kappa shape index (κ2) is 7.12. The SMILES string of the molecule is O=C(CCc1cccc(Cl)c1)N1CCc2nc3ccc(F)cn3c(=O)c2C1. The predicted octanol–water partition coefficient (Wildman–Crippen LogP) is 3.00. The van der Waals surface area contributed by atoms with Crippen molar-refractivity contribution in [3.63, 3.8) is 0 Å². The zero-order valence-corrected chi connectivity index (χ0v) is 15.2. The maximum atomic E-state index is 13.5. The normalized spacial score (nSPS) is 13.6. The van der Waals surface area contributed by atoms with Crippen LogP contribution in [-0.2, 0) is 24.2 Å². The number of carbonyl (C=O) groups excluding carboxylic acids is 1. The zero-order valence-electron chi connectivity index (χ0n) is 14.5. The number of aromatic nitrogens is 2. The number of nitrogens with zero attached hydrogens (tertiary/aromatic N) is 3. The van der Waals surface area contributed by atoms with E-state index in [0.29, 0.717) is 47.7 Å². The van der Waals surface area contributed by atoms with Crippen LogP contribution in [0.5, 0.6) is 0 Å². The van der Waals surface area contributed by atoms with Crippen LogP contribution in [0.4, 0.5) is 4.39 Å². The summed E-state index contributed by atoms with van der Waals surface area (Å²) in [5, 5.41) is 0.644. The van der Waals surface area contributed by atoms with Crippen molar-refractivity contribution in [3.8, 4) is 0 Å². The van der Waals surface area contributed by atoms with Gasteiger partial charge in [-0.2, -0.15) is 0 Å². The molecule has 2 aromatic heterocycles. The fraction of sp³-hybridized carbons (Fsp3) is 0.250. The molecule has 27 heavy (non-hydrogen) atoms. The Morgan fingerprint density at radius 2 is 2.11 bits per heavy atom. The Morgan fingerprint density at radius 1 is 1.26 bits per heavy atom. The minimum absolute atomic E-state index is 0.0237. The third-order valence-electron chi connectivity index (χ3n) is 4.80.